The highest BCUT2D eigenvalue weighted by molar-refractivity contribution is 14.0. The summed E-state index contributed by atoms with van der Waals surface area (Å²) in [6, 6.07) is 8.34. The zero-order valence-electron chi connectivity index (χ0n) is 16.6. The van der Waals surface area contributed by atoms with Crippen LogP contribution in [0.3, 0.4) is 0 Å². The SMILES string of the molecule is CN=C(NCc1c(C)nn(CCOC)c1C)N(C)Cc1ccc(Br)cc1.I. The molecule has 0 aliphatic heterocycles. The van der Waals surface area contributed by atoms with Crippen molar-refractivity contribution in [3.63, 3.8) is 0 Å². The van der Waals surface area contributed by atoms with Gasteiger partial charge in [-0.15, -0.1) is 24.0 Å². The van der Waals surface area contributed by atoms with Crippen molar-refractivity contribution in [2.24, 2.45) is 4.99 Å². The first-order chi connectivity index (χ1) is 12.5. The Hall–Kier alpha value is -1.13. The first kappa shape index (κ1) is 23.9. The monoisotopic (exact) mass is 549 g/mol. The molecule has 0 saturated heterocycles. The number of nitrogens with zero attached hydrogens (tertiary/aromatic N) is 4. The molecule has 0 amide bonds. The van der Waals surface area contributed by atoms with Crippen LogP contribution in [-0.2, 0) is 24.4 Å². The van der Waals surface area contributed by atoms with Crippen LogP contribution in [0.2, 0.25) is 0 Å². The largest absolute Gasteiger partial charge is 0.383 e. The normalized spacial score (nSPS) is 11.3. The van der Waals surface area contributed by atoms with Gasteiger partial charge in [0, 0.05) is 50.0 Å². The second-order valence-corrected chi connectivity index (χ2v) is 7.16. The van der Waals surface area contributed by atoms with Gasteiger partial charge in [-0.25, -0.2) is 0 Å². The number of benzene rings is 1. The third-order valence-corrected chi connectivity index (χ3v) is 4.90. The van der Waals surface area contributed by atoms with Gasteiger partial charge in [0.1, 0.15) is 0 Å². The van der Waals surface area contributed by atoms with Crippen molar-refractivity contribution in [3.8, 4) is 0 Å². The highest BCUT2D eigenvalue weighted by Crippen LogP contribution is 2.14. The Morgan fingerprint density at radius 1 is 1.30 bits per heavy atom. The molecule has 6 nitrogen and oxygen atoms in total. The molecule has 0 radical (unpaired) electrons. The van der Waals surface area contributed by atoms with Crippen LogP contribution in [0.15, 0.2) is 33.7 Å². The first-order valence-electron chi connectivity index (χ1n) is 8.64. The minimum Gasteiger partial charge on any atom is -0.383 e. The van der Waals surface area contributed by atoms with Gasteiger partial charge >= 0.3 is 0 Å². The summed E-state index contributed by atoms with van der Waals surface area (Å²) in [6.07, 6.45) is 0. The summed E-state index contributed by atoms with van der Waals surface area (Å²) in [5, 5.41) is 8.06. The van der Waals surface area contributed by atoms with E-state index < -0.39 is 0 Å². The van der Waals surface area contributed by atoms with Gasteiger partial charge in [0.2, 0.25) is 0 Å². The van der Waals surface area contributed by atoms with Crippen molar-refractivity contribution < 1.29 is 4.74 Å². The molecule has 0 aliphatic rings. The maximum Gasteiger partial charge on any atom is 0.193 e. The number of nitrogens with one attached hydrogen (secondary N) is 1. The average molecular weight is 550 g/mol. The topological polar surface area (TPSA) is 54.7 Å². The summed E-state index contributed by atoms with van der Waals surface area (Å²) in [7, 11) is 5.56. The number of hydrogen-bond donors (Lipinski definition) is 1. The molecule has 1 aromatic heterocycles. The van der Waals surface area contributed by atoms with Crippen molar-refractivity contribution in [2.75, 3.05) is 27.8 Å². The number of halogens is 2. The van der Waals surface area contributed by atoms with Crippen LogP contribution in [-0.4, -0.2) is 48.5 Å². The predicted octanol–water partition coefficient (Wildman–Crippen LogP) is 3.73. The van der Waals surface area contributed by atoms with Crippen molar-refractivity contribution >= 4 is 45.9 Å². The second-order valence-electron chi connectivity index (χ2n) is 6.25. The van der Waals surface area contributed by atoms with Gasteiger partial charge in [0.25, 0.3) is 0 Å². The lowest BCUT2D eigenvalue weighted by atomic mass is 10.2. The number of aromatic nitrogens is 2. The fourth-order valence-electron chi connectivity index (χ4n) is 2.88. The third kappa shape index (κ3) is 6.76. The van der Waals surface area contributed by atoms with E-state index in [4.69, 9.17) is 4.74 Å². The fraction of sp³-hybridized carbons (Fsp3) is 0.474. The van der Waals surface area contributed by atoms with Crippen LogP contribution < -0.4 is 5.32 Å². The summed E-state index contributed by atoms with van der Waals surface area (Å²) in [5.41, 5.74) is 4.65. The molecule has 2 rings (SSSR count). The number of rotatable bonds is 7. The van der Waals surface area contributed by atoms with Gasteiger partial charge in [0.15, 0.2) is 5.96 Å². The maximum atomic E-state index is 5.16. The van der Waals surface area contributed by atoms with Gasteiger partial charge in [0.05, 0.1) is 18.8 Å². The van der Waals surface area contributed by atoms with E-state index in [-0.39, 0.29) is 24.0 Å². The molecular weight excluding hydrogens is 521 g/mol. The van der Waals surface area contributed by atoms with Crippen molar-refractivity contribution in [3.05, 3.63) is 51.3 Å². The fourth-order valence-corrected chi connectivity index (χ4v) is 3.14. The Bertz CT molecular complexity index is 745. The second kappa shape index (κ2) is 11.7. The molecule has 1 N–H and O–H groups in total. The lowest BCUT2D eigenvalue weighted by molar-refractivity contribution is 0.182. The zero-order chi connectivity index (χ0) is 19.1. The Balaban J connectivity index is 0.00000364. The molecule has 0 fully saturated rings. The standard InChI is InChI=1S/C19H28BrN5O.HI/c1-14-18(15(2)25(23-14)10-11-26-5)12-22-19(21-3)24(4)13-16-6-8-17(20)9-7-16;/h6-9H,10-13H2,1-5H3,(H,21,22);1H. The lowest BCUT2D eigenvalue weighted by Crippen LogP contribution is -2.38. The van der Waals surface area contributed by atoms with Crippen LogP contribution in [0.5, 0.6) is 0 Å². The van der Waals surface area contributed by atoms with E-state index in [1.54, 1.807) is 7.11 Å². The number of aliphatic imine (C=N–C) groups is 1. The summed E-state index contributed by atoms with van der Waals surface area (Å²) in [6.45, 7) is 7.05. The van der Waals surface area contributed by atoms with Crippen molar-refractivity contribution in [1.82, 2.24) is 20.0 Å². The third-order valence-electron chi connectivity index (χ3n) is 4.37. The van der Waals surface area contributed by atoms with Crippen LogP contribution in [0.4, 0.5) is 0 Å². The minimum atomic E-state index is 0. The molecule has 0 unspecified atom stereocenters. The molecule has 1 heterocycles. The molecule has 0 aliphatic carbocycles. The number of methoxy groups -OCH3 is 1. The van der Waals surface area contributed by atoms with E-state index in [0.29, 0.717) is 13.2 Å². The van der Waals surface area contributed by atoms with Crippen LogP contribution in [0.1, 0.15) is 22.5 Å². The molecule has 1 aromatic carbocycles. The number of ether oxygens (including phenoxy) is 1. The first-order valence-corrected chi connectivity index (χ1v) is 9.43. The Labute approximate surface area is 187 Å². The van der Waals surface area contributed by atoms with E-state index in [0.717, 1.165) is 34.9 Å². The van der Waals surface area contributed by atoms with Crippen LogP contribution >= 0.6 is 39.9 Å². The molecule has 8 heteroatoms. The molecule has 0 bridgehead atoms. The highest BCUT2D eigenvalue weighted by Gasteiger charge is 2.13. The van der Waals surface area contributed by atoms with Crippen molar-refractivity contribution in [1.29, 1.82) is 0 Å². The molecule has 0 saturated carbocycles. The van der Waals surface area contributed by atoms with Crippen molar-refractivity contribution in [2.45, 2.75) is 33.5 Å². The zero-order valence-corrected chi connectivity index (χ0v) is 20.5. The Kier molecular flexibility index (Phi) is 10.3. The smallest absolute Gasteiger partial charge is 0.193 e. The van der Waals surface area contributed by atoms with Gasteiger partial charge in [-0.05, 0) is 31.5 Å². The molecule has 0 spiro atoms. The highest BCUT2D eigenvalue weighted by atomic mass is 127. The lowest BCUT2D eigenvalue weighted by Gasteiger charge is -2.22. The number of guanidine groups is 1. The summed E-state index contributed by atoms with van der Waals surface area (Å²) >= 11 is 3.47. The average Bonchev–Trinajstić information content (AvgIpc) is 2.89. The van der Waals surface area contributed by atoms with E-state index in [1.165, 1.54) is 11.1 Å². The molecule has 27 heavy (non-hydrogen) atoms. The minimum absolute atomic E-state index is 0. The molecule has 150 valence electrons. The predicted molar refractivity (Wildman–Crippen MR) is 125 cm³/mol. The molecule has 0 atom stereocenters. The van der Waals surface area contributed by atoms with E-state index in [1.807, 2.05) is 25.7 Å². The number of aryl methyl sites for hydroxylation is 1. The van der Waals surface area contributed by atoms with E-state index >= 15 is 0 Å². The van der Waals surface area contributed by atoms with Gasteiger partial charge in [-0.1, -0.05) is 28.1 Å². The number of hydrogen-bond acceptors (Lipinski definition) is 3. The van der Waals surface area contributed by atoms with Gasteiger partial charge in [-0.2, -0.15) is 5.10 Å². The van der Waals surface area contributed by atoms with E-state index in [9.17, 15) is 0 Å². The molecular formula is C19H29BrIN5O. The molecule has 2 aromatic rings. The van der Waals surface area contributed by atoms with Gasteiger partial charge < -0.3 is 15.0 Å². The maximum absolute atomic E-state index is 5.16. The van der Waals surface area contributed by atoms with Gasteiger partial charge in [-0.3, -0.25) is 9.67 Å². The van der Waals surface area contributed by atoms with Crippen LogP contribution in [0.25, 0.3) is 0 Å². The van der Waals surface area contributed by atoms with Crippen LogP contribution in [0, 0.1) is 13.8 Å². The summed E-state index contributed by atoms with van der Waals surface area (Å²) in [5.74, 6) is 0.858. The summed E-state index contributed by atoms with van der Waals surface area (Å²) < 4.78 is 8.25. The Morgan fingerprint density at radius 3 is 2.56 bits per heavy atom. The Morgan fingerprint density at radius 2 is 1.96 bits per heavy atom. The summed E-state index contributed by atoms with van der Waals surface area (Å²) in [4.78, 5) is 6.52. The quantitative estimate of drug-likeness (QED) is 0.325. The van der Waals surface area contributed by atoms with E-state index in [2.05, 4.69) is 67.4 Å².